The van der Waals surface area contributed by atoms with E-state index in [1.54, 1.807) is 24.3 Å². The second-order valence-corrected chi connectivity index (χ2v) is 7.40. The number of aromatic amines is 2. The summed E-state index contributed by atoms with van der Waals surface area (Å²) in [5.41, 5.74) is 2.20. The first-order valence-corrected chi connectivity index (χ1v) is 9.39. The van der Waals surface area contributed by atoms with Crippen LogP contribution in [-0.4, -0.2) is 22.4 Å². The molecule has 2 aromatic carbocycles. The lowest BCUT2D eigenvalue weighted by Gasteiger charge is -2.17. The van der Waals surface area contributed by atoms with Crippen molar-refractivity contribution < 1.29 is 4.79 Å². The molecule has 0 saturated carbocycles. The molecule has 0 saturated heterocycles. The van der Waals surface area contributed by atoms with Gasteiger partial charge in [0.15, 0.2) is 0 Å². The van der Waals surface area contributed by atoms with E-state index in [9.17, 15) is 9.59 Å². The molecule has 6 nitrogen and oxygen atoms in total. The summed E-state index contributed by atoms with van der Waals surface area (Å²) in [4.78, 5) is 30.5. The number of amides is 1. The van der Waals surface area contributed by atoms with Gasteiger partial charge in [0, 0.05) is 22.2 Å². The predicted octanol–water partition coefficient (Wildman–Crippen LogP) is 3.61. The Morgan fingerprint density at radius 1 is 1.07 bits per heavy atom. The maximum Gasteiger partial charge on any atom is 0.323 e. The van der Waals surface area contributed by atoms with Crippen LogP contribution in [0.15, 0.2) is 74.9 Å². The predicted molar refractivity (Wildman–Crippen MR) is 109 cm³/mol. The van der Waals surface area contributed by atoms with Crippen molar-refractivity contribution in [2.24, 2.45) is 0 Å². The van der Waals surface area contributed by atoms with Gasteiger partial charge in [0.05, 0.1) is 21.6 Å². The van der Waals surface area contributed by atoms with Crippen LogP contribution in [0.1, 0.15) is 0 Å². The zero-order chi connectivity index (χ0) is 18.8. The average molecular weight is 399 g/mol. The number of fused-ring (bicyclic) bond motifs is 1. The molecule has 8 heteroatoms. The second-order valence-electron chi connectivity index (χ2n) is 5.88. The summed E-state index contributed by atoms with van der Waals surface area (Å²) in [5.74, 6) is -0.229. The van der Waals surface area contributed by atoms with Crippen molar-refractivity contribution >= 4 is 46.0 Å². The minimum absolute atomic E-state index is 0.229. The summed E-state index contributed by atoms with van der Waals surface area (Å²) < 4.78 is 0. The third-order valence-electron chi connectivity index (χ3n) is 3.96. The fourth-order valence-corrected chi connectivity index (χ4v) is 3.76. The van der Waals surface area contributed by atoms with Gasteiger partial charge >= 0.3 is 5.69 Å². The molecule has 2 heterocycles. The zero-order valence-corrected chi connectivity index (χ0v) is 15.6. The molecular weight excluding hydrogens is 384 g/mol. The monoisotopic (exact) mass is 398 g/mol. The van der Waals surface area contributed by atoms with Crippen molar-refractivity contribution in [3.8, 4) is 0 Å². The van der Waals surface area contributed by atoms with Gasteiger partial charge < -0.3 is 20.6 Å². The largest absolute Gasteiger partial charge is 0.375 e. The Labute approximate surface area is 163 Å². The first-order chi connectivity index (χ1) is 13.1. The van der Waals surface area contributed by atoms with Crippen molar-refractivity contribution in [2.75, 3.05) is 11.9 Å². The van der Waals surface area contributed by atoms with E-state index in [2.05, 4.69) is 20.6 Å². The van der Waals surface area contributed by atoms with Crippen LogP contribution in [0.2, 0.25) is 5.02 Å². The summed E-state index contributed by atoms with van der Waals surface area (Å²) in [5, 5.41) is 7.56. The Hall–Kier alpha value is -2.90. The minimum atomic E-state index is -0.280. The Kier molecular flexibility index (Phi) is 4.79. The van der Waals surface area contributed by atoms with E-state index in [1.807, 2.05) is 30.3 Å². The smallest absolute Gasteiger partial charge is 0.323 e. The molecule has 0 fully saturated rings. The van der Waals surface area contributed by atoms with E-state index in [0.717, 1.165) is 9.92 Å². The van der Waals surface area contributed by atoms with E-state index < -0.39 is 0 Å². The molecule has 3 aromatic rings. The maximum absolute atomic E-state index is 12.8. The van der Waals surface area contributed by atoms with Gasteiger partial charge in [0.25, 0.3) is 5.91 Å². The molecule has 1 aliphatic rings. The van der Waals surface area contributed by atoms with Gasteiger partial charge in [0.1, 0.15) is 0 Å². The number of aromatic nitrogens is 2. The summed E-state index contributed by atoms with van der Waals surface area (Å²) in [6.45, 7) is 0.656. The highest BCUT2D eigenvalue weighted by molar-refractivity contribution is 8.03. The third-order valence-corrected chi connectivity index (χ3v) is 5.29. The average Bonchev–Trinajstić information content (AvgIpc) is 3.03. The highest BCUT2D eigenvalue weighted by Crippen LogP contribution is 2.30. The summed E-state index contributed by atoms with van der Waals surface area (Å²) >= 11 is 7.40. The van der Waals surface area contributed by atoms with Gasteiger partial charge in [0.2, 0.25) is 0 Å². The van der Waals surface area contributed by atoms with E-state index in [1.165, 1.54) is 11.8 Å². The molecule has 0 aliphatic carbocycles. The van der Waals surface area contributed by atoms with Crippen LogP contribution in [0.5, 0.6) is 0 Å². The molecule has 136 valence electrons. The van der Waals surface area contributed by atoms with Crippen LogP contribution in [0.3, 0.4) is 0 Å². The topological polar surface area (TPSA) is 89.8 Å². The number of dihydropyridines is 1. The molecule has 0 atom stereocenters. The lowest BCUT2D eigenvalue weighted by atomic mass is 10.2. The Bertz CT molecular complexity index is 1130. The molecule has 0 bridgehead atoms. The molecule has 27 heavy (non-hydrogen) atoms. The maximum atomic E-state index is 12.8. The number of hydrogen-bond acceptors (Lipinski definition) is 4. The van der Waals surface area contributed by atoms with Crippen LogP contribution in [0.25, 0.3) is 11.0 Å². The number of thioether (sulfide) groups is 1. The Morgan fingerprint density at radius 3 is 2.67 bits per heavy atom. The van der Waals surface area contributed by atoms with Crippen LogP contribution < -0.4 is 16.3 Å². The van der Waals surface area contributed by atoms with Crippen LogP contribution in [0.4, 0.5) is 5.69 Å². The molecule has 0 radical (unpaired) electrons. The van der Waals surface area contributed by atoms with Gasteiger partial charge in [-0.1, -0.05) is 29.4 Å². The molecule has 1 aliphatic heterocycles. The first-order valence-electron chi connectivity index (χ1n) is 8.20. The van der Waals surface area contributed by atoms with Gasteiger partial charge in [-0.3, -0.25) is 4.79 Å². The van der Waals surface area contributed by atoms with Gasteiger partial charge in [-0.15, -0.1) is 0 Å². The SMILES string of the molecule is O=C(Nc1ccc2[nH]c(=O)[nH]c2c1)C1=C(Sc2ccc(Cl)cc2)NCC=C1. The third kappa shape index (κ3) is 3.94. The van der Waals surface area contributed by atoms with E-state index in [4.69, 9.17) is 11.6 Å². The number of carbonyl (C=O) groups is 1. The van der Waals surface area contributed by atoms with Crippen LogP contribution >= 0.6 is 23.4 Å². The van der Waals surface area contributed by atoms with Gasteiger partial charge in [-0.25, -0.2) is 4.79 Å². The van der Waals surface area contributed by atoms with E-state index >= 15 is 0 Å². The molecule has 0 unspecified atom stereocenters. The number of rotatable bonds is 4. The second kappa shape index (κ2) is 7.38. The van der Waals surface area contributed by atoms with Crippen molar-refractivity contribution in [3.05, 3.63) is 80.7 Å². The molecular formula is C19H15ClN4O2S. The Balaban J connectivity index is 1.58. The van der Waals surface area contributed by atoms with Crippen molar-refractivity contribution in [1.82, 2.24) is 15.3 Å². The Morgan fingerprint density at radius 2 is 1.85 bits per heavy atom. The fourth-order valence-electron chi connectivity index (χ4n) is 2.70. The quantitative estimate of drug-likeness (QED) is 0.540. The highest BCUT2D eigenvalue weighted by Gasteiger charge is 2.17. The summed E-state index contributed by atoms with van der Waals surface area (Å²) in [6, 6.07) is 12.7. The number of imidazole rings is 1. The van der Waals surface area contributed by atoms with Crippen LogP contribution in [-0.2, 0) is 4.79 Å². The van der Waals surface area contributed by atoms with Gasteiger partial charge in [-0.2, -0.15) is 0 Å². The summed E-state index contributed by atoms with van der Waals surface area (Å²) in [7, 11) is 0. The van der Waals surface area contributed by atoms with E-state index in [-0.39, 0.29) is 11.6 Å². The van der Waals surface area contributed by atoms with Crippen LogP contribution in [0, 0.1) is 0 Å². The minimum Gasteiger partial charge on any atom is -0.375 e. The number of nitrogens with one attached hydrogen (secondary N) is 4. The molecule has 4 rings (SSSR count). The standard InChI is InChI=1S/C19H15ClN4O2S/c20-11-3-6-13(7-4-11)27-18-14(2-1-9-21-18)17(25)22-12-5-8-15-16(10-12)24-19(26)23-15/h1-8,10,21H,9H2,(H,22,25)(H2,23,24,26). The lowest BCUT2D eigenvalue weighted by molar-refractivity contribution is -0.112. The lowest BCUT2D eigenvalue weighted by Crippen LogP contribution is -2.23. The highest BCUT2D eigenvalue weighted by atomic mass is 35.5. The van der Waals surface area contributed by atoms with Crippen molar-refractivity contribution in [3.63, 3.8) is 0 Å². The van der Waals surface area contributed by atoms with Crippen molar-refractivity contribution in [1.29, 1.82) is 0 Å². The zero-order valence-electron chi connectivity index (χ0n) is 14.0. The fraction of sp³-hybridized carbons (Fsp3) is 0.0526. The number of carbonyl (C=O) groups excluding carboxylic acids is 1. The normalized spacial score (nSPS) is 13.7. The molecule has 0 spiro atoms. The molecule has 4 N–H and O–H groups in total. The number of anilines is 1. The number of halogens is 1. The first kappa shape index (κ1) is 17.5. The summed E-state index contributed by atoms with van der Waals surface area (Å²) in [6.07, 6.45) is 3.70. The number of H-pyrrole nitrogens is 2. The number of hydrogen-bond donors (Lipinski definition) is 4. The van der Waals surface area contributed by atoms with Crippen molar-refractivity contribution in [2.45, 2.75) is 4.90 Å². The van der Waals surface area contributed by atoms with E-state index in [0.29, 0.717) is 33.9 Å². The molecule has 1 aromatic heterocycles. The number of benzene rings is 2. The molecule has 1 amide bonds. The van der Waals surface area contributed by atoms with Gasteiger partial charge in [-0.05, 0) is 48.5 Å².